The van der Waals surface area contributed by atoms with Crippen molar-refractivity contribution < 1.29 is 26.0 Å². The predicted octanol–water partition coefficient (Wildman–Crippen LogP) is 2.51. The second-order valence-electron chi connectivity index (χ2n) is 4.02. The molecule has 0 radical (unpaired) electrons. The first-order chi connectivity index (χ1) is 9.15. The molecular formula is C10H14BrF3N2O3S. The fourth-order valence-electron chi connectivity index (χ4n) is 1.42. The Morgan fingerprint density at radius 1 is 1.35 bits per heavy atom. The van der Waals surface area contributed by atoms with Gasteiger partial charge in [0.25, 0.3) is 0 Å². The molecule has 1 aromatic rings. The third kappa shape index (κ3) is 5.43. The Bertz CT molecular complexity index is 542. The van der Waals surface area contributed by atoms with Crippen molar-refractivity contribution in [3.63, 3.8) is 0 Å². The Labute approximate surface area is 122 Å². The van der Waals surface area contributed by atoms with Crippen molar-refractivity contribution in [2.75, 3.05) is 6.54 Å². The number of nitrogens with one attached hydrogen (secondary N) is 1. The van der Waals surface area contributed by atoms with Gasteiger partial charge in [0.2, 0.25) is 10.0 Å². The zero-order chi connectivity index (χ0) is 15.4. The number of nitrogens with two attached hydrogens (primary N) is 1. The molecule has 1 aromatic heterocycles. The van der Waals surface area contributed by atoms with Crippen molar-refractivity contribution in [2.45, 2.75) is 36.9 Å². The summed E-state index contributed by atoms with van der Waals surface area (Å²) in [7, 11) is -3.82. The summed E-state index contributed by atoms with van der Waals surface area (Å²) in [6, 6.07) is 1.27. The van der Waals surface area contributed by atoms with Crippen LogP contribution in [0.3, 0.4) is 0 Å². The molecule has 0 aromatic carbocycles. The molecule has 5 nitrogen and oxygen atoms in total. The number of hydrogen-bond donors (Lipinski definition) is 2. The number of alkyl halides is 3. The van der Waals surface area contributed by atoms with Gasteiger partial charge in [-0.05, 0) is 28.8 Å². The predicted molar refractivity (Wildman–Crippen MR) is 69.4 cm³/mol. The molecule has 0 fully saturated rings. The van der Waals surface area contributed by atoms with E-state index in [9.17, 15) is 21.6 Å². The van der Waals surface area contributed by atoms with Crippen LogP contribution >= 0.6 is 15.9 Å². The molecule has 3 N–H and O–H groups in total. The number of unbranched alkanes of at least 4 members (excludes halogenated alkanes) is 1. The molecule has 0 bridgehead atoms. The monoisotopic (exact) mass is 378 g/mol. The smallest absolute Gasteiger partial charge is 0.389 e. The second-order valence-corrected chi connectivity index (χ2v) is 6.48. The van der Waals surface area contributed by atoms with Gasteiger partial charge in [0, 0.05) is 19.0 Å². The fourth-order valence-corrected chi connectivity index (χ4v) is 3.49. The molecule has 0 aliphatic rings. The van der Waals surface area contributed by atoms with Gasteiger partial charge in [-0.15, -0.1) is 0 Å². The van der Waals surface area contributed by atoms with E-state index in [2.05, 4.69) is 20.7 Å². The van der Waals surface area contributed by atoms with Gasteiger partial charge in [0.05, 0.1) is 6.54 Å². The molecule has 0 amide bonds. The van der Waals surface area contributed by atoms with E-state index in [-0.39, 0.29) is 41.3 Å². The molecule has 116 valence electrons. The summed E-state index contributed by atoms with van der Waals surface area (Å²) in [5.41, 5.74) is 5.32. The lowest BCUT2D eigenvalue weighted by Gasteiger charge is -2.07. The highest BCUT2D eigenvalue weighted by Gasteiger charge is 2.26. The van der Waals surface area contributed by atoms with Gasteiger partial charge < -0.3 is 10.2 Å². The molecule has 0 saturated carbocycles. The third-order valence-electron chi connectivity index (χ3n) is 2.38. The zero-order valence-corrected chi connectivity index (χ0v) is 12.7. The van der Waals surface area contributed by atoms with Crippen LogP contribution in [0.4, 0.5) is 13.2 Å². The lowest BCUT2D eigenvalue weighted by Crippen LogP contribution is -2.25. The summed E-state index contributed by atoms with van der Waals surface area (Å²) in [6.07, 6.45) is -5.19. The minimum absolute atomic E-state index is 0.0146. The van der Waals surface area contributed by atoms with E-state index in [0.29, 0.717) is 0 Å². The Balaban J connectivity index is 2.51. The maximum Gasteiger partial charge on any atom is 0.389 e. The number of furan rings is 1. The van der Waals surface area contributed by atoms with Gasteiger partial charge in [-0.2, -0.15) is 13.2 Å². The van der Waals surface area contributed by atoms with E-state index in [1.807, 2.05) is 0 Å². The van der Waals surface area contributed by atoms with E-state index in [0.717, 1.165) is 0 Å². The summed E-state index contributed by atoms with van der Waals surface area (Å²) in [6.45, 7) is -0.0340. The van der Waals surface area contributed by atoms with Crippen LogP contribution in [0.5, 0.6) is 0 Å². The molecule has 10 heteroatoms. The average Bonchev–Trinajstić information content (AvgIpc) is 2.69. The molecular weight excluding hydrogens is 365 g/mol. The first-order valence-electron chi connectivity index (χ1n) is 5.70. The highest BCUT2D eigenvalue weighted by molar-refractivity contribution is 9.10. The molecule has 0 aliphatic heterocycles. The van der Waals surface area contributed by atoms with Crippen LogP contribution < -0.4 is 10.5 Å². The summed E-state index contributed by atoms with van der Waals surface area (Å²) < 4.78 is 66.8. The lowest BCUT2D eigenvalue weighted by atomic mass is 10.2. The molecule has 0 aliphatic carbocycles. The third-order valence-corrected chi connectivity index (χ3v) is 4.69. The molecule has 0 spiro atoms. The van der Waals surface area contributed by atoms with Gasteiger partial charge in [0.1, 0.15) is 10.7 Å². The van der Waals surface area contributed by atoms with Crippen LogP contribution in [-0.4, -0.2) is 21.1 Å². The van der Waals surface area contributed by atoms with Crippen LogP contribution in [0.1, 0.15) is 25.0 Å². The van der Waals surface area contributed by atoms with E-state index < -0.39 is 22.6 Å². The highest BCUT2D eigenvalue weighted by Crippen LogP contribution is 2.26. The Morgan fingerprint density at radius 3 is 2.50 bits per heavy atom. The highest BCUT2D eigenvalue weighted by atomic mass is 79.9. The van der Waals surface area contributed by atoms with Gasteiger partial charge in [-0.25, -0.2) is 13.1 Å². The molecule has 0 saturated heterocycles. The van der Waals surface area contributed by atoms with Crippen LogP contribution in [-0.2, 0) is 16.6 Å². The van der Waals surface area contributed by atoms with E-state index in [1.165, 1.54) is 6.07 Å². The van der Waals surface area contributed by atoms with Crippen molar-refractivity contribution in [1.29, 1.82) is 0 Å². The normalized spacial score (nSPS) is 12.8. The first kappa shape index (κ1) is 17.5. The molecule has 1 rings (SSSR count). The molecule has 0 unspecified atom stereocenters. The van der Waals surface area contributed by atoms with Crippen molar-refractivity contribution in [3.05, 3.63) is 16.5 Å². The summed E-state index contributed by atoms with van der Waals surface area (Å²) in [5.74, 6) is 0.286. The van der Waals surface area contributed by atoms with Gasteiger partial charge in [0.15, 0.2) is 4.67 Å². The van der Waals surface area contributed by atoms with Gasteiger partial charge in [-0.1, -0.05) is 0 Å². The number of hydrogen-bond acceptors (Lipinski definition) is 4. The Hall–Kier alpha value is -0.580. The minimum Gasteiger partial charge on any atom is -0.452 e. The van der Waals surface area contributed by atoms with Crippen LogP contribution in [0.2, 0.25) is 0 Å². The molecule has 0 atom stereocenters. The van der Waals surface area contributed by atoms with Crippen molar-refractivity contribution in [3.8, 4) is 0 Å². The molecule has 20 heavy (non-hydrogen) atoms. The topological polar surface area (TPSA) is 85.3 Å². The minimum atomic E-state index is -4.22. The van der Waals surface area contributed by atoms with Crippen LogP contribution in [0.15, 0.2) is 20.0 Å². The number of sulfonamides is 1. The fraction of sp³-hybridized carbons (Fsp3) is 0.600. The van der Waals surface area contributed by atoms with E-state index in [1.54, 1.807) is 0 Å². The van der Waals surface area contributed by atoms with Crippen LogP contribution in [0.25, 0.3) is 0 Å². The lowest BCUT2D eigenvalue weighted by molar-refractivity contribution is -0.135. The molecule has 1 heterocycles. The number of rotatable bonds is 7. The largest absolute Gasteiger partial charge is 0.452 e. The first-order valence-corrected chi connectivity index (χ1v) is 7.98. The summed E-state index contributed by atoms with van der Waals surface area (Å²) in [5, 5.41) is 0. The standard InChI is InChI=1S/C10H14BrF3N2O3S/c11-9-8(5-7(6-15)19-9)20(17,18)16-4-2-1-3-10(12,13)14/h5,16H,1-4,6,15H2. The maximum atomic E-state index is 11.9. The van der Waals surface area contributed by atoms with Gasteiger partial charge in [-0.3, -0.25) is 0 Å². The maximum absolute atomic E-state index is 11.9. The quantitative estimate of drug-likeness (QED) is 0.713. The van der Waals surface area contributed by atoms with E-state index >= 15 is 0 Å². The zero-order valence-electron chi connectivity index (χ0n) is 10.3. The van der Waals surface area contributed by atoms with E-state index in [4.69, 9.17) is 10.2 Å². The summed E-state index contributed by atoms with van der Waals surface area (Å²) in [4.78, 5) is -0.117. The Morgan fingerprint density at radius 2 is 2.00 bits per heavy atom. The van der Waals surface area contributed by atoms with Crippen molar-refractivity contribution in [1.82, 2.24) is 4.72 Å². The summed E-state index contributed by atoms with van der Waals surface area (Å²) >= 11 is 2.95. The van der Waals surface area contributed by atoms with Gasteiger partial charge >= 0.3 is 6.18 Å². The van der Waals surface area contributed by atoms with Crippen molar-refractivity contribution >= 4 is 26.0 Å². The van der Waals surface area contributed by atoms with Crippen LogP contribution in [0, 0.1) is 0 Å². The average molecular weight is 379 g/mol. The second kappa shape index (κ2) is 6.92. The Kier molecular flexibility index (Phi) is 6.05. The SMILES string of the molecule is NCc1cc(S(=O)(=O)NCCCCC(F)(F)F)c(Br)o1. The van der Waals surface area contributed by atoms with Crippen molar-refractivity contribution in [2.24, 2.45) is 5.73 Å². The number of halogens is 4.